The molecule has 0 saturated heterocycles. The molecule has 9 nitrogen and oxygen atoms in total. The Morgan fingerprint density at radius 2 is 1.75 bits per heavy atom. The van der Waals surface area contributed by atoms with E-state index in [2.05, 4.69) is 14.8 Å². The van der Waals surface area contributed by atoms with Gasteiger partial charge in [-0.3, -0.25) is 4.79 Å². The number of hydrogen-bond acceptors (Lipinski definition) is 6. The standard InChI is InChI=1S/C14H21N3O6S/c1-4-22-14(19)23-12-7-5-11(6-8-12)13(18)15-9-10-16-24(20,21)17(2)3/h5-8,16H,4,9-10H2,1-3H3,(H,15,18). The van der Waals surface area contributed by atoms with E-state index in [0.717, 1.165) is 4.31 Å². The molecule has 10 heteroatoms. The van der Waals surface area contributed by atoms with E-state index in [1.807, 2.05) is 0 Å². The molecule has 0 aliphatic heterocycles. The minimum absolute atomic E-state index is 0.0658. The van der Waals surface area contributed by atoms with Crippen molar-refractivity contribution in [2.24, 2.45) is 0 Å². The van der Waals surface area contributed by atoms with Crippen molar-refractivity contribution in [1.29, 1.82) is 0 Å². The number of nitrogens with zero attached hydrogens (tertiary/aromatic N) is 1. The maximum Gasteiger partial charge on any atom is 0.513 e. The third-order valence-electron chi connectivity index (χ3n) is 2.76. The van der Waals surface area contributed by atoms with Crippen molar-refractivity contribution >= 4 is 22.3 Å². The topological polar surface area (TPSA) is 114 Å². The molecule has 0 heterocycles. The average Bonchev–Trinajstić information content (AvgIpc) is 2.52. The summed E-state index contributed by atoms with van der Waals surface area (Å²) in [6, 6.07) is 5.88. The summed E-state index contributed by atoms with van der Waals surface area (Å²) in [5.74, 6) is -0.120. The van der Waals surface area contributed by atoms with Crippen molar-refractivity contribution in [1.82, 2.24) is 14.3 Å². The highest BCUT2D eigenvalue weighted by Gasteiger charge is 2.12. The van der Waals surface area contributed by atoms with Gasteiger partial charge in [0.05, 0.1) is 6.61 Å². The molecule has 24 heavy (non-hydrogen) atoms. The van der Waals surface area contributed by atoms with Gasteiger partial charge in [-0.1, -0.05) is 0 Å². The predicted octanol–water partition coefficient (Wildman–Crippen LogP) is 0.348. The van der Waals surface area contributed by atoms with E-state index in [1.54, 1.807) is 6.92 Å². The van der Waals surface area contributed by atoms with Gasteiger partial charge in [-0.25, -0.2) is 9.52 Å². The Labute approximate surface area is 141 Å². The number of ether oxygens (including phenoxy) is 2. The number of carbonyl (C=O) groups excluding carboxylic acids is 2. The first kappa shape index (κ1) is 19.9. The van der Waals surface area contributed by atoms with Gasteiger partial charge in [0, 0.05) is 32.7 Å². The lowest BCUT2D eigenvalue weighted by molar-refractivity contribution is 0.0954. The first-order valence-electron chi connectivity index (χ1n) is 7.16. The van der Waals surface area contributed by atoms with Gasteiger partial charge in [-0.05, 0) is 31.2 Å². The van der Waals surface area contributed by atoms with Gasteiger partial charge in [0.2, 0.25) is 0 Å². The molecule has 0 saturated carbocycles. The highest BCUT2D eigenvalue weighted by Crippen LogP contribution is 2.12. The van der Waals surface area contributed by atoms with Crippen LogP contribution in [-0.2, 0) is 14.9 Å². The van der Waals surface area contributed by atoms with E-state index in [-0.39, 0.29) is 31.4 Å². The maximum absolute atomic E-state index is 11.9. The maximum atomic E-state index is 11.9. The molecule has 134 valence electrons. The molecule has 0 unspecified atom stereocenters. The average molecular weight is 359 g/mol. The van der Waals surface area contributed by atoms with Gasteiger partial charge in [0.1, 0.15) is 5.75 Å². The summed E-state index contributed by atoms with van der Waals surface area (Å²) in [5.41, 5.74) is 0.349. The summed E-state index contributed by atoms with van der Waals surface area (Å²) >= 11 is 0. The third kappa shape index (κ3) is 6.52. The van der Waals surface area contributed by atoms with Crippen LogP contribution in [0.4, 0.5) is 4.79 Å². The summed E-state index contributed by atoms with van der Waals surface area (Å²) in [4.78, 5) is 23.1. The Hall–Kier alpha value is -2.17. The second-order valence-electron chi connectivity index (χ2n) is 4.75. The summed E-state index contributed by atoms with van der Waals surface area (Å²) < 4.78 is 35.8. The minimum atomic E-state index is -3.51. The lowest BCUT2D eigenvalue weighted by Crippen LogP contribution is -2.40. The van der Waals surface area contributed by atoms with E-state index in [1.165, 1.54) is 38.4 Å². The largest absolute Gasteiger partial charge is 0.513 e. The van der Waals surface area contributed by atoms with Gasteiger partial charge < -0.3 is 14.8 Å². The van der Waals surface area contributed by atoms with E-state index in [4.69, 9.17) is 4.74 Å². The van der Waals surface area contributed by atoms with Crippen molar-refractivity contribution in [2.75, 3.05) is 33.8 Å². The minimum Gasteiger partial charge on any atom is -0.434 e. The number of amides is 1. The highest BCUT2D eigenvalue weighted by atomic mass is 32.2. The van der Waals surface area contributed by atoms with E-state index in [0.29, 0.717) is 5.56 Å². The molecular formula is C14H21N3O6S. The molecule has 0 spiro atoms. The monoisotopic (exact) mass is 359 g/mol. The molecule has 0 radical (unpaired) electrons. The Kier molecular flexibility index (Phi) is 7.62. The van der Waals surface area contributed by atoms with Crippen LogP contribution < -0.4 is 14.8 Å². The van der Waals surface area contributed by atoms with Crippen molar-refractivity contribution in [2.45, 2.75) is 6.92 Å². The number of rotatable bonds is 8. The SMILES string of the molecule is CCOC(=O)Oc1ccc(C(=O)NCCNS(=O)(=O)N(C)C)cc1. The molecule has 0 fully saturated rings. The van der Waals surface area contributed by atoms with Gasteiger partial charge in [0.15, 0.2) is 0 Å². The molecule has 2 N–H and O–H groups in total. The lowest BCUT2D eigenvalue weighted by atomic mass is 10.2. The first-order valence-corrected chi connectivity index (χ1v) is 8.60. The zero-order valence-electron chi connectivity index (χ0n) is 13.7. The zero-order valence-corrected chi connectivity index (χ0v) is 14.6. The normalized spacial score (nSPS) is 11.2. The second-order valence-corrected chi connectivity index (χ2v) is 6.72. The van der Waals surface area contributed by atoms with Crippen LogP contribution >= 0.6 is 0 Å². The molecule has 1 rings (SSSR count). The summed E-state index contributed by atoms with van der Waals surface area (Å²) in [6.45, 7) is 2.06. The fraction of sp³-hybridized carbons (Fsp3) is 0.429. The first-order chi connectivity index (χ1) is 11.3. The van der Waals surface area contributed by atoms with Crippen LogP contribution in [-0.4, -0.2) is 58.6 Å². The van der Waals surface area contributed by atoms with Crippen LogP contribution in [0.2, 0.25) is 0 Å². The van der Waals surface area contributed by atoms with Crippen molar-refractivity contribution in [3.63, 3.8) is 0 Å². The Balaban J connectivity index is 2.44. The van der Waals surface area contributed by atoms with Crippen molar-refractivity contribution in [3.8, 4) is 5.75 Å². The van der Waals surface area contributed by atoms with Crippen LogP contribution in [0.5, 0.6) is 5.75 Å². The molecule has 0 aromatic heterocycles. The summed E-state index contributed by atoms with van der Waals surface area (Å²) in [7, 11) is -0.704. The molecule has 0 atom stereocenters. The molecule has 0 aliphatic rings. The fourth-order valence-corrected chi connectivity index (χ4v) is 2.12. The van der Waals surface area contributed by atoms with Crippen LogP contribution in [0.15, 0.2) is 24.3 Å². The quantitative estimate of drug-likeness (QED) is 0.393. The summed E-state index contributed by atoms with van der Waals surface area (Å²) in [5, 5.41) is 2.57. The molecule has 1 amide bonds. The van der Waals surface area contributed by atoms with Gasteiger partial charge >= 0.3 is 6.16 Å². The zero-order chi connectivity index (χ0) is 18.2. The van der Waals surface area contributed by atoms with Crippen molar-refractivity contribution in [3.05, 3.63) is 29.8 Å². The van der Waals surface area contributed by atoms with Gasteiger partial charge in [-0.2, -0.15) is 12.7 Å². The lowest BCUT2D eigenvalue weighted by Gasteiger charge is -2.12. The third-order valence-corrected chi connectivity index (χ3v) is 4.29. The van der Waals surface area contributed by atoms with Crippen LogP contribution in [0, 0.1) is 0 Å². The number of benzene rings is 1. The molecule has 0 bridgehead atoms. The Morgan fingerprint density at radius 3 is 2.29 bits per heavy atom. The second kappa shape index (κ2) is 9.21. The van der Waals surface area contributed by atoms with E-state index < -0.39 is 16.4 Å². The molecule has 1 aromatic carbocycles. The van der Waals surface area contributed by atoms with Gasteiger partial charge in [0.25, 0.3) is 16.1 Å². The number of carbonyl (C=O) groups is 2. The van der Waals surface area contributed by atoms with Gasteiger partial charge in [-0.15, -0.1) is 0 Å². The van der Waals surface area contributed by atoms with E-state index in [9.17, 15) is 18.0 Å². The highest BCUT2D eigenvalue weighted by molar-refractivity contribution is 7.87. The summed E-state index contributed by atoms with van der Waals surface area (Å²) in [6.07, 6.45) is -0.817. The predicted molar refractivity (Wildman–Crippen MR) is 87.0 cm³/mol. The van der Waals surface area contributed by atoms with Crippen molar-refractivity contribution < 1.29 is 27.5 Å². The Morgan fingerprint density at radius 1 is 1.12 bits per heavy atom. The molecule has 0 aliphatic carbocycles. The van der Waals surface area contributed by atoms with Crippen LogP contribution in [0.1, 0.15) is 17.3 Å². The number of nitrogens with one attached hydrogen (secondary N) is 2. The Bertz CT molecular complexity index is 658. The fourth-order valence-electron chi connectivity index (χ4n) is 1.51. The molecule has 1 aromatic rings. The van der Waals surface area contributed by atoms with Crippen LogP contribution in [0.3, 0.4) is 0 Å². The van der Waals surface area contributed by atoms with Crippen LogP contribution in [0.25, 0.3) is 0 Å². The smallest absolute Gasteiger partial charge is 0.434 e. The molecular weight excluding hydrogens is 338 g/mol. The van der Waals surface area contributed by atoms with E-state index >= 15 is 0 Å². The number of hydrogen-bond donors (Lipinski definition) is 2.